The number of rotatable bonds is 15. The zero-order valence-corrected chi connectivity index (χ0v) is 38.4. The molecule has 2 amide bonds. The zero-order valence-electron chi connectivity index (χ0n) is 38.4. The molecule has 66 heavy (non-hydrogen) atoms. The van der Waals surface area contributed by atoms with Crippen molar-refractivity contribution in [2.75, 3.05) is 28.4 Å². The number of phenols is 6. The maximum Gasteiger partial charge on any atom is 0.244 e. The van der Waals surface area contributed by atoms with Crippen molar-refractivity contribution >= 4 is 45.8 Å². The largest absolute Gasteiger partial charge is 0.507 e. The first-order valence-corrected chi connectivity index (χ1v) is 20.9. The fourth-order valence-electron chi connectivity index (χ4n) is 8.39. The fraction of sp³-hybridized carbons (Fsp3) is 0.280. The molecule has 0 aliphatic rings. The number of benzene rings is 6. The number of ether oxygens (including phenoxy) is 4. The monoisotopic (exact) mass is 902 g/mol. The Morgan fingerprint density at radius 2 is 0.879 bits per heavy atom. The van der Waals surface area contributed by atoms with Crippen LogP contribution in [0.4, 0.5) is 0 Å². The highest BCUT2D eigenvalue weighted by molar-refractivity contribution is 6.15. The van der Waals surface area contributed by atoms with Crippen molar-refractivity contribution < 1.29 is 59.2 Å². The highest BCUT2D eigenvalue weighted by atomic mass is 16.5. The molecule has 6 aromatic carbocycles. The molecule has 0 saturated carbocycles. The lowest BCUT2D eigenvalue weighted by Crippen LogP contribution is -2.19. The Morgan fingerprint density at radius 1 is 0.530 bits per heavy atom. The fourth-order valence-corrected chi connectivity index (χ4v) is 8.39. The van der Waals surface area contributed by atoms with Gasteiger partial charge in [0.25, 0.3) is 0 Å². The lowest BCUT2D eigenvalue weighted by Gasteiger charge is -2.23. The number of aromatic hydroxyl groups is 6. The second-order valence-electron chi connectivity index (χ2n) is 16.4. The molecule has 0 aliphatic heterocycles. The number of hydrogen-bond donors (Lipinski definition) is 8. The van der Waals surface area contributed by atoms with E-state index in [9.17, 15) is 40.2 Å². The molecule has 0 fully saturated rings. The highest BCUT2D eigenvalue weighted by Gasteiger charge is 2.30. The van der Waals surface area contributed by atoms with Gasteiger partial charge < -0.3 is 49.6 Å². The third kappa shape index (κ3) is 8.94. The molecule has 0 aromatic heterocycles. The summed E-state index contributed by atoms with van der Waals surface area (Å²) in [6.07, 6.45) is 2.04. The molecular formula is C50H54N4O12. The van der Waals surface area contributed by atoms with Gasteiger partial charge in [0.15, 0.2) is 46.0 Å². The van der Waals surface area contributed by atoms with Crippen molar-refractivity contribution in [2.24, 2.45) is 10.2 Å². The van der Waals surface area contributed by atoms with Gasteiger partial charge >= 0.3 is 0 Å². The van der Waals surface area contributed by atoms with E-state index >= 15 is 0 Å². The van der Waals surface area contributed by atoms with E-state index in [0.717, 1.165) is 12.4 Å². The van der Waals surface area contributed by atoms with Crippen molar-refractivity contribution in [3.8, 4) is 68.6 Å². The lowest BCUT2D eigenvalue weighted by molar-refractivity contribution is -0.121. The van der Waals surface area contributed by atoms with E-state index in [-0.39, 0.29) is 57.7 Å². The van der Waals surface area contributed by atoms with E-state index in [1.807, 2.05) is 27.7 Å². The molecule has 0 radical (unpaired) electrons. The summed E-state index contributed by atoms with van der Waals surface area (Å²) >= 11 is 0. The number of hydrazone groups is 2. The number of carbonyl (C=O) groups excluding carboxylic acids is 2. The van der Waals surface area contributed by atoms with E-state index in [1.54, 1.807) is 62.4 Å². The molecular weight excluding hydrogens is 849 g/mol. The van der Waals surface area contributed by atoms with Gasteiger partial charge in [-0.05, 0) is 83.0 Å². The van der Waals surface area contributed by atoms with Crippen LogP contribution in [-0.4, -0.2) is 83.3 Å². The maximum atomic E-state index is 13.0. The van der Waals surface area contributed by atoms with Crippen LogP contribution in [0, 0.1) is 13.8 Å². The van der Waals surface area contributed by atoms with Gasteiger partial charge in [0.1, 0.15) is 11.5 Å². The van der Waals surface area contributed by atoms with Gasteiger partial charge in [-0.1, -0.05) is 52.0 Å². The number of nitrogens with one attached hydrogen (secondary N) is 2. The molecule has 0 aliphatic carbocycles. The summed E-state index contributed by atoms with van der Waals surface area (Å²) in [6, 6.07) is 13.5. The van der Waals surface area contributed by atoms with Gasteiger partial charge in [0, 0.05) is 33.0 Å². The third-order valence-electron chi connectivity index (χ3n) is 11.4. The number of hydrogen-bond acceptors (Lipinski definition) is 14. The molecule has 0 atom stereocenters. The molecule has 0 unspecified atom stereocenters. The van der Waals surface area contributed by atoms with Gasteiger partial charge in [-0.3, -0.25) is 9.59 Å². The van der Waals surface area contributed by atoms with Crippen molar-refractivity contribution in [3.63, 3.8) is 0 Å². The van der Waals surface area contributed by atoms with Gasteiger partial charge in [-0.15, -0.1) is 0 Å². The minimum atomic E-state index is -0.609. The minimum Gasteiger partial charge on any atom is -0.507 e. The van der Waals surface area contributed by atoms with Crippen LogP contribution in [0.3, 0.4) is 0 Å². The van der Waals surface area contributed by atoms with Crippen LogP contribution in [0.5, 0.6) is 57.5 Å². The van der Waals surface area contributed by atoms with Gasteiger partial charge in [0.05, 0.1) is 64.8 Å². The first-order valence-electron chi connectivity index (χ1n) is 20.9. The van der Waals surface area contributed by atoms with E-state index < -0.39 is 46.3 Å². The molecule has 16 nitrogen and oxygen atoms in total. The van der Waals surface area contributed by atoms with Crippen molar-refractivity contribution in [3.05, 3.63) is 93.0 Å². The normalized spacial score (nSPS) is 11.6. The topological polar surface area (TPSA) is 241 Å². The number of fused-ring (bicyclic) bond motifs is 2. The SMILES string of the molecule is COc1ccc(CC(=O)N/N=C\c2c(O)c(O)c(C(C)C)c3cc(C)c(-c4c(C)cc5c(C(C)C)c(O)c(O)c(/C=N\NC(=O)Cc6ccc(OC)c(OC)c6)c5c4O)c(O)c23)cc1OC. The zero-order chi connectivity index (χ0) is 48.3. The Morgan fingerprint density at radius 3 is 1.20 bits per heavy atom. The van der Waals surface area contributed by atoms with Crippen molar-refractivity contribution in [1.29, 1.82) is 0 Å². The Kier molecular flexibility index (Phi) is 14.0. The number of carbonyl (C=O) groups is 2. The Balaban J connectivity index is 1.48. The van der Waals surface area contributed by atoms with E-state index in [4.69, 9.17) is 18.9 Å². The first-order chi connectivity index (χ1) is 31.4. The molecule has 8 N–H and O–H groups in total. The number of aryl methyl sites for hydroxylation is 2. The highest BCUT2D eigenvalue weighted by Crippen LogP contribution is 2.54. The summed E-state index contributed by atoms with van der Waals surface area (Å²) in [5, 5.41) is 79.7. The van der Waals surface area contributed by atoms with Crippen LogP contribution < -0.4 is 29.8 Å². The predicted octanol–water partition coefficient (Wildman–Crippen LogP) is 8.18. The van der Waals surface area contributed by atoms with Crippen molar-refractivity contribution in [2.45, 2.75) is 66.2 Å². The second kappa shape index (κ2) is 19.5. The summed E-state index contributed by atoms with van der Waals surface area (Å²) in [5.41, 5.74) is 7.67. The van der Waals surface area contributed by atoms with Crippen LogP contribution in [-0.2, 0) is 22.4 Å². The van der Waals surface area contributed by atoms with Crippen LogP contribution >= 0.6 is 0 Å². The van der Waals surface area contributed by atoms with Crippen LogP contribution in [0.15, 0.2) is 58.7 Å². The van der Waals surface area contributed by atoms with Crippen LogP contribution in [0.2, 0.25) is 0 Å². The molecule has 6 rings (SSSR count). The number of phenolic OH excluding ortho intramolecular Hbond substituents is 6. The molecule has 346 valence electrons. The summed E-state index contributed by atoms with van der Waals surface area (Å²) in [7, 11) is 5.96. The molecule has 16 heteroatoms. The number of methoxy groups -OCH3 is 4. The van der Waals surface area contributed by atoms with E-state index in [2.05, 4.69) is 21.1 Å². The number of nitrogens with zero attached hydrogens (tertiary/aromatic N) is 2. The van der Waals surface area contributed by atoms with E-state index in [1.165, 1.54) is 28.4 Å². The quantitative estimate of drug-likeness (QED) is 0.0277. The molecule has 6 aromatic rings. The summed E-state index contributed by atoms with van der Waals surface area (Å²) in [6.45, 7) is 10.7. The molecule has 0 bridgehead atoms. The lowest BCUT2D eigenvalue weighted by atomic mass is 9.83. The summed E-state index contributed by atoms with van der Waals surface area (Å²) in [5.74, 6) is -2.79. The van der Waals surface area contributed by atoms with Gasteiger partial charge in [0.2, 0.25) is 11.8 Å². The number of amides is 2. The van der Waals surface area contributed by atoms with Gasteiger partial charge in [-0.2, -0.15) is 10.2 Å². The molecule has 0 heterocycles. The smallest absolute Gasteiger partial charge is 0.244 e. The summed E-state index contributed by atoms with van der Waals surface area (Å²) in [4.78, 5) is 26.1. The first kappa shape index (κ1) is 47.6. The standard InChI is InChI=1S/C50H54N4O12/c1-23(2)39-29-15-25(5)41(47(59)43(29)31(45(57)49(39)61)21-51-53-37(55)19-27-11-13-33(63-7)35(17-27)65-9)42-26(6)16-30-40(24(3)4)50(62)46(58)32(44(30)48(42)60)22-52-54-38(56)20-28-12-14-34(64-8)36(18-28)66-10/h11-18,21-24,57-62H,19-20H2,1-10H3,(H,53,55)(H,54,56)/b51-21-,52-22-. The van der Waals surface area contributed by atoms with Crippen LogP contribution in [0.1, 0.15) is 84.0 Å². The van der Waals surface area contributed by atoms with Crippen molar-refractivity contribution in [1.82, 2.24) is 10.9 Å². The Hall–Kier alpha value is -7.88. The molecule has 0 saturated heterocycles. The Bertz CT molecular complexity index is 2760. The van der Waals surface area contributed by atoms with Crippen LogP contribution in [0.25, 0.3) is 32.7 Å². The predicted molar refractivity (Wildman–Crippen MR) is 253 cm³/mol. The average Bonchev–Trinajstić information content (AvgIpc) is 3.27. The maximum absolute atomic E-state index is 13.0. The Labute approximate surface area is 381 Å². The molecule has 0 spiro atoms. The van der Waals surface area contributed by atoms with Gasteiger partial charge in [-0.25, -0.2) is 10.9 Å². The van der Waals surface area contributed by atoms with E-state index in [0.29, 0.717) is 67.2 Å². The average molecular weight is 903 g/mol. The minimum absolute atomic E-state index is 0.0572. The second-order valence-corrected chi connectivity index (χ2v) is 16.4. The summed E-state index contributed by atoms with van der Waals surface area (Å²) < 4.78 is 21.2. The third-order valence-corrected chi connectivity index (χ3v) is 11.4.